The summed E-state index contributed by atoms with van der Waals surface area (Å²) in [5.74, 6) is -0.105. The Labute approximate surface area is 161 Å². The van der Waals surface area contributed by atoms with Crippen molar-refractivity contribution in [3.8, 4) is 5.75 Å². The first-order valence-corrected chi connectivity index (χ1v) is 10.3. The molecule has 8 heteroatoms. The highest BCUT2D eigenvalue weighted by Gasteiger charge is 2.41. The average Bonchev–Trinajstić information content (AvgIpc) is 2.59. The first-order chi connectivity index (χ1) is 12.4. The first-order valence-electron chi connectivity index (χ1n) is 8.62. The van der Waals surface area contributed by atoms with E-state index in [1.54, 1.807) is 31.4 Å². The molecule has 0 fully saturated rings. The number of nitrogens with zero attached hydrogens (tertiary/aromatic N) is 1. The van der Waals surface area contributed by atoms with Crippen molar-refractivity contribution in [3.63, 3.8) is 0 Å². The fourth-order valence-corrected chi connectivity index (χ4v) is 3.70. The van der Waals surface area contributed by atoms with Gasteiger partial charge in [-0.2, -0.15) is 0 Å². The SMILES string of the molecule is C=C(N=C(N)NC(=O)C(C)(C)S(=O)(=O)CCC(C)C)c1ccc(OC)cc1. The van der Waals surface area contributed by atoms with E-state index in [1.807, 2.05) is 13.8 Å². The van der Waals surface area contributed by atoms with Gasteiger partial charge in [0.25, 0.3) is 0 Å². The lowest BCUT2D eigenvalue weighted by Crippen LogP contribution is -2.52. The molecular formula is C19H29N3O4S. The first kappa shape index (κ1) is 22.7. The molecule has 3 N–H and O–H groups in total. The van der Waals surface area contributed by atoms with Gasteiger partial charge < -0.3 is 10.5 Å². The normalized spacial score (nSPS) is 12.7. The quantitative estimate of drug-likeness (QED) is 0.518. The summed E-state index contributed by atoms with van der Waals surface area (Å²) in [6, 6.07) is 6.99. The molecule has 0 spiro atoms. The zero-order valence-corrected chi connectivity index (χ0v) is 17.4. The highest BCUT2D eigenvalue weighted by molar-refractivity contribution is 7.93. The van der Waals surface area contributed by atoms with Gasteiger partial charge in [0, 0.05) is 0 Å². The third kappa shape index (κ3) is 6.09. The molecule has 0 aliphatic heterocycles. The Morgan fingerprint density at radius 1 is 1.30 bits per heavy atom. The topological polar surface area (TPSA) is 111 Å². The number of carbonyl (C=O) groups excluding carboxylic acids is 1. The van der Waals surface area contributed by atoms with Crippen LogP contribution in [-0.2, 0) is 14.6 Å². The molecule has 1 aromatic rings. The smallest absolute Gasteiger partial charge is 0.247 e. The number of carbonyl (C=O) groups is 1. The highest BCUT2D eigenvalue weighted by Crippen LogP contribution is 2.21. The van der Waals surface area contributed by atoms with Crippen LogP contribution in [0.2, 0.25) is 0 Å². The molecule has 27 heavy (non-hydrogen) atoms. The van der Waals surface area contributed by atoms with Crippen LogP contribution in [-0.4, -0.2) is 37.9 Å². The fraction of sp³-hybridized carbons (Fsp3) is 0.474. The summed E-state index contributed by atoms with van der Waals surface area (Å²) < 4.78 is 28.5. The van der Waals surface area contributed by atoms with Crippen molar-refractivity contribution in [1.82, 2.24) is 5.32 Å². The number of guanidine groups is 1. The van der Waals surface area contributed by atoms with Gasteiger partial charge in [0.1, 0.15) is 10.5 Å². The number of benzene rings is 1. The van der Waals surface area contributed by atoms with E-state index in [0.29, 0.717) is 23.4 Å². The second-order valence-corrected chi connectivity index (χ2v) is 9.80. The zero-order chi connectivity index (χ0) is 20.8. The van der Waals surface area contributed by atoms with Crippen LogP contribution in [0.3, 0.4) is 0 Å². The summed E-state index contributed by atoms with van der Waals surface area (Å²) >= 11 is 0. The molecule has 0 atom stereocenters. The van der Waals surface area contributed by atoms with Gasteiger partial charge in [-0.25, -0.2) is 13.4 Å². The molecule has 0 unspecified atom stereocenters. The van der Waals surface area contributed by atoms with Gasteiger partial charge in [-0.3, -0.25) is 10.1 Å². The van der Waals surface area contributed by atoms with Crippen LogP contribution in [0, 0.1) is 5.92 Å². The maximum Gasteiger partial charge on any atom is 0.247 e. The molecule has 0 bridgehead atoms. The summed E-state index contributed by atoms with van der Waals surface area (Å²) in [4.78, 5) is 16.5. The van der Waals surface area contributed by atoms with Crippen LogP contribution in [0.4, 0.5) is 0 Å². The summed E-state index contributed by atoms with van der Waals surface area (Å²) in [5.41, 5.74) is 6.79. The maximum absolute atomic E-state index is 12.5. The monoisotopic (exact) mass is 395 g/mol. The lowest BCUT2D eigenvalue weighted by Gasteiger charge is -2.24. The molecule has 7 nitrogen and oxygen atoms in total. The number of aliphatic imine (C=N–C) groups is 1. The van der Waals surface area contributed by atoms with Crippen LogP contribution in [0.15, 0.2) is 35.8 Å². The minimum atomic E-state index is -3.65. The largest absolute Gasteiger partial charge is 0.497 e. The lowest BCUT2D eigenvalue weighted by atomic mass is 10.2. The third-order valence-corrected chi connectivity index (χ3v) is 6.72. The molecule has 0 saturated carbocycles. The second-order valence-electron chi connectivity index (χ2n) is 7.14. The van der Waals surface area contributed by atoms with Gasteiger partial charge in [0.2, 0.25) is 11.9 Å². The van der Waals surface area contributed by atoms with Crippen molar-refractivity contribution in [1.29, 1.82) is 0 Å². The Balaban J connectivity index is 2.86. The van der Waals surface area contributed by atoms with Crippen LogP contribution >= 0.6 is 0 Å². The summed E-state index contributed by atoms with van der Waals surface area (Å²) in [6.07, 6.45) is 0.483. The number of amides is 1. The number of methoxy groups -OCH3 is 1. The van der Waals surface area contributed by atoms with Crippen LogP contribution in [0.5, 0.6) is 5.75 Å². The number of hydrogen-bond acceptors (Lipinski definition) is 5. The number of rotatable bonds is 8. The number of nitrogens with two attached hydrogens (primary N) is 1. The summed E-state index contributed by atoms with van der Waals surface area (Å²) in [5, 5.41) is 2.36. The highest BCUT2D eigenvalue weighted by atomic mass is 32.2. The van der Waals surface area contributed by atoms with Gasteiger partial charge >= 0.3 is 0 Å². The maximum atomic E-state index is 12.5. The Bertz CT molecular complexity index is 810. The van der Waals surface area contributed by atoms with E-state index in [4.69, 9.17) is 10.5 Å². The van der Waals surface area contributed by atoms with Crippen molar-refractivity contribution < 1.29 is 17.9 Å². The van der Waals surface area contributed by atoms with Gasteiger partial charge in [-0.1, -0.05) is 20.4 Å². The van der Waals surface area contributed by atoms with Crippen LogP contribution in [0.25, 0.3) is 5.70 Å². The Morgan fingerprint density at radius 3 is 2.33 bits per heavy atom. The lowest BCUT2D eigenvalue weighted by molar-refractivity contribution is -0.121. The molecule has 1 amide bonds. The van der Waals surface area contributed by atoms with Crippen LogP contribution < -0.4 is 15.8 Å². The van der Waals surface area contributed by atoms with Crippen molar-refractivity contribution in [2.75, 3.05) is 12.9 Å². The second kappa shape index (κ2) is 9.03. The van der Waals surface area contributed by atoms with Crippen molar-refractivity contribution in [2.45, 2.75) is 38.9 Å². The van der Waals surface area contributed by atoms with Crippen molar-refractivity contribution >= 4 is 27.4 Å². The van der Waals surface area contributed by atoms with Gasteiger partial charge in [0.05, 0.1) is 18.6 Å². The molecular weight excluding hydrogens is 366 g/mol. The number of sulfone groups is 1. The van der Waals surface area contributed by atoms with E-state index in [1.165, 1.54) is 13.8 Å². The van der Waals surface area contributed by atoms with E-state index in [0.717, 1.165) is 0 Å². The van der Waals surface area contributed by atoms with Gasteiger partial charge in [-0.15, -0.1) is 0 Å². The standard InChI is InChI=1S/C19H29N3O4S/c1-13(2)11-12-27(24,25)19(4,5)17(23)22-18(20)21-14(3)15-7-9-16(26-6)10-8-15/h7-10,13H,3,11-12H2,1-2,4-6H3,(H3,20,21,22,23). The Morgan fingerprint density at radius 2 is 1.85 bits per heavy atom. The average molecular weight is 396 g/mol. The van der Waals surface area contributed by atoms with Crippen LogP contribution in [0.1, 0.15) is 39.7 Å². The minimum absolute atomic E-state index is 0.0688. The van der Waals surface area contributed by atoms with E-state index in [2.05, 4.69) is 16.9 Å². The van der Waals surface area contributed by atoms with E-state index >= 15 is 0 Å². The van der Waals surface area contributed by atoms with Crippen molar-refractivity contribution in [2.24, 2.45) is 16.6 Å². The number of ether oxygens (including phenoxy) is 1. The van der Waals surface area contributed by atoms with E-state index in [-0.39, 0.29) is 17.6 Å². The summed E-state index contributed by atoms with van der Waals surface area (Å²) in [6.45, 7) is 10.4. The Hall–Kier alpha value is -2.35. The third-order valence-electron chi connectivity index (χ3n) is 4.21. The fourth-order valence-electron chi connectivity index (χ4n) is 2.08. The predicted molar refractivity (Wildman–Crippen MR) is 109 cm³/mol. The number of hydrogen-bond donors (Lipinski definition) is 2. The molecule has 1 aromatic carbocycles. The molecule has 1 rings (SSSR count). The minimum Gasteiger partial charge on any atom is -0.497 e. The molecule has 0 aliphatic carbocycles. The number of nitrogens with one attached hydrogen (secondary N) is 1. The molecule has 0 heterocycles. The molecule has 150 valence electrons. The Kier molecular flexibility index (Phi) is 7.59. The molecule has 0 aliphatic rings. The van der Waals surface area contributed by atoms with E-state index in [9.17, 15) is 13.2 Å². The predicted octanol–water partition coefficient (Wildman–Crippen LogP) is 2.34. The zero-order valence-electron chi connectivity index (χ0n) is 16.6. The van der Waals surface area contributed by atoms with E-state index < -0.39 is 20.5 Å². The molecule has 0 saturated heterocycles. The summed E-state index contributed by atoms with van der Waals surface area (Å²) in [7, 11) is -2.09. The van der Waals surface area contributed by atoms with Crippen molar-refractivity contribution in [3.05, 3.63) is 36.4 Å². The van der Waals surface area contributed by atoms with Gasteiger partial charge in [0.15, 0.2) is 9.84 Å². The molecule has 0 radical (unpaired) electrons. The molecule has 0 aromatic heterocycles. The van der Waals surface area contributed by atoms with Gasteiger partial charge in [-0.05, 0) is 56.0 Å².